The van der Waals surface area contributed by atoms with Crippen LogP contribution < -0.4 is 4.73 Å². The molecule has 2 nitrogen and oxygen atoms in total. The van der Waals surface area contributed by atoms with E-state index in [1.807, 2.05) is 38.1 Å². The minimum Gasteiger partial charge on any atom is -0.618 e. The summed E-state index contributed by atoms with van der Waals surface area (Å²) < 4.78 is 0.944. The number of rotatable bonds is 0. The van der Waals surface area contributed by atoms with Gasteiger partial charge in [0.05, 0.1) is 0 Å². The molecule has 0 radical (unpaired) electrons. The van der Waals surface area contributed by atoms with Crippen LogP contribution in [0.2, 0.25) is 0 Å². The van der Waals surface area contributed by atoms with Crippen LogP contribution in [0.5, 0.6) is 0 Å². The monoisotopic (exact) mass is 173 g/mol. The summed E-state index contributed by atoms with van der Waals surface area (Å²) in [7, 11) is 0. The number of para-hydroxylation sites is 1. The van der Waals surface area contributed by atoms with Crippen molar-refractivity contribution in [3.05, 3.63) is 46.8 Å². The smallest absolute Gasteiger partial charge is 0.226 e. The van der Waals surface area contributed by atoms with E-state index in [2.05, 4.69) is 0 Å². The van der Waals surface area contributed by atoms with Crippen LogP contribution in [-0.4, -0.2) is 0 Å². The topological polar surface area (TPSA) is 26.9 Å². The van der Waals surface area contributed by atoms with Crippen molar-refractivity contribution in [1.29, 1.82) is 0 Å². The zero-order valence-corrected chi connectivity index (χ0v) is 7.74. The Morgan fingerprint density at radius 3 is 2.77 bits per heavy atom. The molecule has 1 heterocycles. The van der Waals surface area contributed by atoms with Gasteiger partial charge in [-0.2, -0.15) is 4.73 Å². The van der Waals surface area contributed by atoms with Gasteiger partial charge in [-0.25, -0.2) is 0 Å². The summed E-state index contributed by atoms with van der Waals surface area (Å²) in [5, 5.41) is 12.5. The Morgan fingerprint density at radius 1 is 1.23 bits per heavy atom. The van der Waals surface area contributed by atoms with Gasteiger partial charge in [0.15, 0.2) is 6.20 Å². The number of pyridine rings is 1. The largest absolute Gasteiger partial charge is 0.618 e. The Kier molecular flexibility index (Phi) is 1.69. The second-order valence-corrected chi connectivity index (χ2v) is 3.36. The Bertz CT molecular complexity index is 463. The van der Waals surface area contributed by atoms with Crippen LogP contribution in [-0.2, 0) is 0 Å². The maximum absolute atomic E-state index is 11.5. The molecule has 0 unspecified atom stereocenters. The van der Waals surface area contributed by atoms with Crippen LogP contribution in [0.15, 0.2) is 30.5 Å². The molecule has 0 amide bonds. The first kappa shape index (κ1) is 8.05. The molecule has 0 bridgehead atoms. The molecule has 0 atom stereocenters. The Labute approximate surface area is 77.0 Å². The van der Waals surface area contributed by atoms with Gasteiger partial charge in [0.25, 0.3) is 0 Å². The summed E-state index contributed by atoms with van der Waals surface area (Å²) in [5.41, 5.74) is 2.79. The molecule has 0 N–H and O–H groups in total. The van der Waals surface area contributed by atoms with E-state index in [-0.39, 0.29) is 0 Å². The molecular formula is C11H11NO. The van der Waals surface area contributed by atoms with Gasteiger partial charge in [0, 0.05) is 16.5 Å². The van der Waals surface area contributed by atoms with Crippen molar-refractivity contribution < 1.29 is 4.73 Å². The van der Waals surface area contributed by atoms with Crippen LogP contribution in [0.1, 0.15) is 11.1 Å². The fourth-order valence-electron chi connectivity index (χ4n) is 1.63. The second kappa shape index (κ2) is 2.73. The molecule has 0 fully saturated rings. The summed E-state index contributed by atoms with van der Waals surface area (Å²) >= 11 is 0. The fraction of sp³-hybridized carbons (Fsp3) is 0.182. The molecule has 1 aromatic carbocycles. The second-order valence-electron chi connectivity index (χ2n) is 3.36. The lowest BCUT2D eigenvalue weighted by Crippen LogP contribution is -2.27. The lowest BCUT2D eigenvalue weighted by atomic mass is 10.1. The van der Waals surface area contributed by atoms with Crippen molar-refractivity contribution in [1.82, 2.24) is 0 Å². The lowest BCUT2D eigenvalue weighted by molar-refractivity contribution is -0.577. The van der Waals surface area contributed by atoms with Crippen LogP contribution in [0, 0.1) is 19.1 Å². The molecular weight excluding hydrogens is 162 g/mol. The predicted octanol–water partition coefficient (Wildman–Crippen LogP) is 2.09. The molecule has 66 valence electrons. The van der Waals surface area contributed by atoms with Crippen molar-refractivity contribution in [2.75, 3.05) is 0 Å². The molecule has 2 aromatic rings. The molecule has 13 heavy (non-hydrogen) atoms. The molecule has 2 heteroatoms. The summed E-state index contributed by atoms with van der Waals surface area (Å²) in [6.07, 6.45) is 1.61. The number of aryl methyl sites for hydroxylation is 2. The van der Waals surface area contributed by atoms with Gasteiger partial charge in [0.2, 0.25) is 5.52 Å². The maximum Gasteiger partial charge on any atom is 0.226 e. The number of benzene rings is 1. The van der Waals surface area contributed by atoms with E-state index < -0.39 is 0 Å². The van der Waals surface area contributed by atoms with E-state index in [0.717, 1.165) is 26.8 Å². The quantitative estimate of drug-likeness (QED) is 0.442. The standard InChI is InChI=1S/C11H11NO/c1-8-6-10-5-3-4-9(2)11(10)12(13)7-8/h3-7H,1-2H3. The minimum absolute atomic E-state index is 0.771. The van der Waals surface area contributed by atoms with Crippen molar-refractivity contribution in [3.8, 4) is 0 Å². The highest BCUT2D eigenvalue weighted by molar-refractivity contribution is 5.79. The number of aromatic nitrogens is 1. The van der Waals surface area contributed by atoms with Crippen LogP contribution in [0.25, 0.3) is 10.9 Å². The van der Waals surface area contributed by atoms with E-state index >= 15 is 0 Å². The molecule has 2 rings (SSSR count). The van der Waals surface area contributed by atoms with E-state index in [1.165, 1.54) is 0 Å². The first-order valence-electron chi connectivity index (χ1n) is 4.27. The molecule has 0 saturated heterocycles. The predicted molar refractivity (Wildman–Crippen MR) is 52.4 cm³/mol. The molecule has 0 aliphatic heterocycles. The van der Waals surface area contributed by atoms with Crippen molar-refractivity contribution in [2.45, 2.75) is 13.8 Å². The van der Waals surface area contributed by atoms with E-state index in [4.69, 9.17) is 0 Å². The van der Waals surface area contributed by atoms with Gasteiger partial charge in [0.1, 0.15) is 0 Å². The molecule has 1 aromatic heterocycles. The average Bonchev–Trinajstić information content (AvgIpc) is 2.02. The normalized spacial score (nSPS) is 10.6. The number of fused-ring (bicyclic) bond motifs is 1. The fourth-order valence-corrected chi connectivity index (χ4v) is 1.63. The third kappa shape index (κ3) is 1.24. The van der Waals surface area contributed by atoms with Gasteiger partial charge in [-0.05, 0) is 26.0 Å². The number of hydrogen-bond donors (Lipinski definition) is 0. The van der Waals surface area contributed by atoms with Crippen LogP contribution >= 0.6 is 0 Å². The molecule has 0 aliphatic carbocycles. The molecule has 0 aliphatic rings. The highest BCUT2D eigenvalue weighted by Crippen LogP contribution is 2.14. The third-order valence-electron chi connectivity index (χ3n) is 2.19. The van der Waals surface area contributed by atoms with Crippen LogP contribution in [0.4, 0.5) is 0 Å². The van der Waals surface area contributed by atoms with Gasteiger partial charge in [-0.15, -0.1) is 0 Å². The Hall–Kier alpha value is -1.57. The Morgan fingerprint density at radius 2 is 2.00 bits per heavy atom. The van der Waals surface area contributed by atoms with E-state index in [1.54, 1.807) is 6.20 Å². The first-order valence-corrected chi connectivity index (χ1v) is 4.27. The van der Waals surface area contributed by atoms with E-state index in [9.17, 15) is 5.21 Å². The average molecular weight is 173 g/mol. The highest BCUT2D eigenvalue weighted by atomic mass is 16.5. The molecule has 0 spiro atoms. The lowest BCUT2D eigenvalue weighted by Gasteiger charge is -2.04. The van der Waals surface area contributed by atoms with Gasteiger partial charge >= 0.3 is 0 Å². The first-order chi connectivity index (χ1) is 6.18. The third-order valence-corrected chi connectivity index (χ3v) is 2.19. The highest BCUT2D eigenvalue weighted by Gasteiger charge is 2.06. The maximum atomic E-state index is 11.5. The van der Waals surface area contributed by atoms with Gasteiger partial charge in [-0.3, -0.25) is 0 Å². The van der Waals surface area contributed by atoms with Crippen molar-refractivity contribution in [3.63, 3.8) is 0 Å². The number of nitrogens with zero attached hydrogens (tertiary/aromatic N) is 1. The van der Waals surface area contributed by atoms with Crippen LogP contribution in [0.3, 0.4) is 0 Å². The summed E-state index contributed by atoms with van der Waals surface area (Å²) in [6, 6.07) is 7.91. The summed E-state index contributed by atoms with van der Waals surface area (Å²) in [6.45, 7) is 3.88. The summed E-state index contributed by atoms with van der Waals surface area (Å²) in [5.74, 6) is 0. The van der Waals surface area contributed by atoms with E-state index in [0.29, 0.717) is 0 Å². The Balaban J connectivity index is 2.94. The van der Waals surface area contributed by atoms with Crippen molar-refractivity contribution in [2.24, 2.45) is 0 Å². The molecule has 0 saturated carbocycles. The van der Waals surface area contributed by atoms with Gasteiger partial charge < -0.3 is 5.21 Å². The number of hydrogen-bond acceptors (Lipinski definition) is 1. The van der Waals surface area contributed by atoms with Gasteiger partial charge in [-0.1, -0.05) is 12.1 Å². The zero-order chi connectivity index (χ0) is 9.42. The van der Waals surface area contributed by atoms with Crippen molar-refractivity contribution >= 4 is 10.9 Å². The minimum atomic E-state index is 0.771. The summed E-state index contributed by atoms with van der Waals surface area (Å²) in [4.78, 5) is 0. The zero-order valence-electron chi connectivity index (χ0n) is 7.74. The SMILES string of the molecule is Cc1cc2cccc(C)c2[n+]([O-])c1.